The highest BCUT2D eigenvalue weighted by molar-refractivity contribution is 6.31. The van der Waals surface area contributed by atoms with E-state index in [4.69, 9.17) is 4.74 Å². The number of carbonyl (C=O) groups excluding carboxylic acids is 1. The van der Waals surface area contributed by atoms with Crippen LogP contribution in [0.15, 0.2) is 55.7 Å². The third-order valence-corrected chi connectivity index (χ3v) is 3.17. The minimum Gasteiger partial charge on any atom is -0.493 e. The predicted molar refractivity (Wildman–Crippen MR) is 78.8 cm³/mol. The van der Waals surface area contributed by atoms with Crippen molar-refractivity contribution in [2.24, 2.45) is 20.2 Å². The minimum absolute atomic E-state index is 0.319. The highest BCUT2D eigenvalue weighted by Crippen LogP contribution is 2.27. The van der Waals surface area contributed by atoms with E-state index in [1.54, 1.807) is 0 Å². The molecule has 0 bridgehead atoms. The monoisotopic (exact) mass is 282 g/mol. The zero-order valence-electron chi connectivity index (χ0n) is 11.8. The standard InChI is InChI=1S/C15H14N4O2/c1-3-10-12-14(19-18-10)16-13(17-15(12)20)9-7-5-6-8-11(9)21-4-2/h5-8H,3-4H2,1-2H3. The Morgan fingerprint density at radius 2 is 1.86 bits per heavy atom. The molecule has 1 aromatic rings. The molecule has 0 unspecified atom stereocenters. The van der Waals surface area contributed by atoms with Gasteiger partial charge in [0.1, 0.15) is 11.3 Å². The van der Waals surface area contributed by atoms with Crippen molar-refractivity contribution in [1.82, 2.24) is 0 Å². The van der Waals surface area contributed by atoms with E-state index < -0.39 is 0 Å². The van der Waals surface area contributed by atoms with Crippen LogP contribution in [0.1, 0.15) is 25.8 Å². The van der Waals surface area contributed by atoms with E-state index in [1.807, 2.05) is 38.1 Å². The number of fused-ring (bicyclic) bond motifs is 1. The molecule has 1 amide bonds. The maximum atomic E-state index is 12.2. The molecule has 2 aliphatic heterocycles. The summed E-state index contributed by atoms with van der Waals surface area (Å²) in [7, 11) is 0. The van der Waals surface area contributed by atoms with Crippen LogP contribution >= 0.6 is 0 Å². The van der Waals surface area contributed by atoms with Crippen molar-refractivity contribution < 1.29 is 9.53 Å². The van der Waals surface area contributed by atoms with Gasteiger partial charge in [-0.2, -0.15) is 10.1 Å². The molecule has 0 radical (unpaired) electrons. The molecule has 106 valence electrons. The fraction of sp³-hybridized carbons (Fsp3) is 0.267. The SMILES string of the molecule is CCOc1ccccc1C1=NC(=O)C2=C(CC)N=NC2=N1. The van der Waals surface area contributed by atoms with Crippen molar-refractivity contribution in [3.8, 4) is 5.75 Å². The summed E-state index contributed by atoms with van der Waals surface area (Å²) >= 11 is 0. The Bertz CT molecular complexity index is 729. The summed E-state index contributed by atoms with van der Waals surface area (Å²) in [6.07, 6.45) is 0.629. The summed E-state index contributed by atoms with van der Waals surface area (Å²) < 4.78 is 5.55. The summed E-state index contributed by atoms with van der Waals surface area (Å²) in [4.78, 5) is 20.6. The predicted octanol–water partition coefficient (Wildman–Crippen LogP) is 2.90. The Morgan fingerprint density at radius 3 is 2.62 bits per heavy atom. The summed E-state index contributed by atoms with van der Waals surface area (Å²) in [6, 6.07) is 7.36. The molecule has 2 heterocycles. The molecular weight excluding hydrogens is 268 g/mol. The minimum atomic E-state index is -0.344. The number of amides is 1. The number of hydrogen-bond donors (Lipinski definition) is 0. The molecule has 0 saturated carbocycles. The van der Waals surface area contributed by atoms with E-state index >= 15 is 0 Å². The van der Waals surface area contributed by atoms with Crippen LogP contribution in [0.4, 0.5) is 0 Å². The summed E-state index contributed by atoms with van der Waals surface area (Å²) in [5.41, 5.74) is 1.73. The van der Waals surface area contributed by atoms with Crippen LogP contribution in [0.3, 0.4) is 0 Å². The quantitative estimate of drug-likeness (QED) is 0.851. The molecular formula is C15H14N4O2. The topological polar surface area (TPSA) is 75.7 Å². The van der Waals surface area contributed by atoms with Crippen molar-refractivity contribution >= 4 is 17.6 Å². The first-order valence-electron chi connectivity index (χ1n) is 6.83. The molecule has 6 heteroatoms. The summed E-state index contributed by atoms with van der Waals surface area (Å²) in [5.74, 6) is 0.962. The van der Waals surface area contributed by atoms with Crippen molar-refractivity contribution in [1.29, 1.82) is 0 Å². The van der Waals surface area contributed by atoms with Crippen LogP contribution in [-0.4, -0.2) is 24.2 Å². The van der Waals surface area contributed by atoms with E-state index in [0.717, 1.165) is 0 Å². The Kier molecular flexibility index (Phi) is 3.43. The van der Waals surface area contributed by atoms with Gasteiger partial charge in [0, 0.05) is 0 Å². The summed E-state index contributed by atoms with van der Waals surface area (Å²) in [6.45, 7) is 4.34. The molecule has 2 aliphatic rings. The van der Waals surface area contributed by atoms with Gasteiger partial charge in [-0.3, -0.25) is 4.79 Å². The molecule has 0 saturated heterocycles. The molecule has 0 aliphatic carbocycles. The molecule has 3 rings (SSSR count). The highest BCUT2D eigenvalue weighted by atomic mass is 16.5. The van der Waals surface area contributed by atoms with Crippen molar-refractivity contribution in [3.63, 3.8) is 0 Å². The van der Waals surface area contributed by atoms with Crippen molar-refractivity contribution in [2.45, 2.75) is 20.3 Å². The van der Waals surface area contributed by atoms with Crippen LogP contribution in [0, 0.1) is 0 Å². The number of aliphatic imine (C=N–C) groups is 2. The number of allylic oxidation sites excluding steroid dienone is 1. The van der Waals surface area contributed by atoms with Crippen LogP contribution in [-0.2, 0) is 4.79 Å². The lowest BCUT2D eigenvalue weighted by molar-refractivity contribution is -0.114. The smallest absolute Gasteiger partial charge is 0.284 e. The number of carbonyl (C=O) groups is 1. The average molecular weight is 282 g/mol. The zero-order chi connectivity index (χ0) is 14.8. The number of nitrogens with zero attached hydrogens (tertiary/aromatic N) is 4. The number of hydrogen-bond acceptors (Lipinski definition) is 5. The number of benzene rings is 1. The zero-order valence-corrected chi connectivity index (χ0v) is 11.8. The highest BCUT2D eigenvalue weighted by Gasteiger charge is 2.30. The van der Waals surface area contributed by atoms with Gasteiger partial charge >= 0.3 is 0 Å². The maximum absolute atomic E-state index is 12.2. The molecule has 0 aromatic heterocycles. The van der Waals surface area contributed by atoms with Crippen molar-refractivity contribution in [3.05, 3.63) is 41.1 Å². The number of azo groups is 1. The maximum Gasteiger partial charge on any atom is 0.284 e. The van der Waals surface area contributed by atoms with Gasteiger partial charge in [-0.05, 0) is 25.5 Å². The Hall–Kier alpha value is -2.63. The number of rotatable bonds is 4. The van der Waals surface area contributed by atoms with Crippen LogP contribution in [0.5, 0.6) is 5.75 Å². The van der Waals surface area contributed by atoms with Gasteiger partial charge in [0.05, 0.1) is 17.9 Å². The number of para-hydroxylation sites is 1. The number of amidine groups is 2. The fourth-order valence-corrected chi connectivity index (χ4v) is 2.21. The van der Waals surface area contributed by atoms with Gasteiger partial charge in [-0.25, -0.2) is 4.99 Å². The molecule has 0 atom stereocenters. The Labute approximate surface area is 122 Å². The van der Waals surface area contributed by atoms with Gasteiger partial charge in [0.25, 0.3) is 5.91 Å². The van der Waals surface area contributed by atoms with Gasteiger partial charge < -0.3 is 4.74 Å². The molecule has 0 spiro atoms. The lowest BCUT2D eigenvalue weighted by atomic mass is 10.1. The first kappa shape index (κ1) is 13.4. The van der Waals surface area contributed by atoms with Gasteiger partial charge in [-0.15, -0.1) is 5.11 Å². The molecule has 0 fully saturated rings. The lowest BCUT2D eigenvalue weighted by Crippen LogP contribution is -2.18. The van der Waals surface area contributed by atoms with E-state index in [1.165, 1.54) is 0 Å². The normalized spacial score (nSPS) is 16.8. The summed E-state index contributed by atoms with van der Waals surface area (Å²) in [5, 5.41) is 7.95. The molecule has 1 aromatic carbocycles. The molecule has 6 nitrogen and oxygen atoms in total. The fourth-order valence-electron chi connectivity index (χ4n) is 2.21. The van der Waals surface area contributed by atoms with Gasteiger partial charge in [-0.1, -0.05) is 19.1 Å². The first-order valence-corrected chi connectivity index (χ1v) is 6.83. The first-order chi connectivity index (χ1) is 10.2. The second kappa shape index (κ2) is 5.40. The third-order valence-electron chi connectivity index (χ3n) is 3.17. The second-order valence-corrected chi connectivity index (χ2v) is 4.48. The average Bonchev–Trinajstić information content (AvgIpc) is 2.92. The molecule has 0 N–H and O–H groups in total. The largest absolute Gasteiger partial charge is 0.493 e. The van der Waals surface area contributed by atoms with Crippen LogP contribution in [0.25, 0.3) is 0 Å². The van der Waals surface area contributed by atoms with E-state index in [2.05, 4.69) is 20.2 Å². The third kappa shape index (κ3) is 2.29. The van der Waals surface area contributed by atoms with Gasteiger partial charge in [0.2, 0.25) is 0 Å². The van der Waals surface area contributed by atoms with Crippen LogP contribution < -0.4 is 4.74 Å². The Morgan fingerprint density at radius 1 is 1.05 bits per heavy atom. The van der Waals surface area contributed by atoms with E-state index in [-0.39, 0.29) is 5.91 Å². The number of ether oxygens (including phenoxy) is 1. The second-order valence-electron chi connectivity index (χ2n) is 4.48. The lowest BCUT2D eigenvalue weighted by Gasteiger charge is -2.12. The van der Waals surface area contributed by atoms with E-state index in [9.17, 15) is 4.79 Å². The van der Waals surface area contributed by atoms with Crippen LogP contribution in [0.2, 0.25) is 0 Å². The van der Waals surface area contributed by atoms with E-state index in [0.29, 0.717) is 47.3 Å². The van der Waals surface area contributed by atoms with Crippen molar-refractivity contribution in [2.75, 3.05) is 6.61 Å². The Balaban J connectivity index is 2.05. The molecule has 21 heavy (non-hydrogen) atoms. The van der Waals surface area contributed by atoms with Gasteiger partial charge in [0.15, 0.2) is 11.7 Å².